The highest BCUT2D eigenvalue weighted by Crippen LogP contribution is 2.26. The molecule has 0 bridgehead atoms. The Labute approximate surface area is 240 Å². The number of ether oxygens (including phenoxy) is 1. The maximum atomic E-state index is 13.2. The fraction of sp³-hybridized carbons (Fsp3) is 0.303. The smallest absolute Gasteiger partial charge is 0.240 e. The molecule has 0 aliphatic carbocycles. The Kier molecular flexibility index (Phi) is 8.50. The van der Waals surface area contributed by atoms with Gasteiger partial charge in [-0.05, 0) is 61.6 Å². The van der Waals surface area contributed by atoms with Gasteiger partial charge in [-0.3, -0.25) is 4.79 Å². The molecule has 2 aromatic heterocycles. The normalized spacial score (nSPS) is 12.4. The molecule has 1 unspecified atom stereocenters. The maximum absolute atomic E-state index is 13.2. The Bertz CT molecular complexity index is 1580. The van der Waals surface area contributed by atoms with Crippen LogP contribution in [-0.2, 0) is 30.6 Å². The molecule has 3 aromatic carbocycles. The number of carbonyl (C=O) groups excluding carboxylic acids is 1. The lowest BCUT2D eigenvalue weighted by Gasteiger charge is -2.25. The van der Waals surface area contributed by atoms with Crippen molar-refractivity contribution in [1.29, 1.82) is 0 Å². The number of benzene rings is 3. The van der Waals surface area contributed by atoms with E-state index in [0.29, 0.717) is 18.8 Å². The van der Waals surface area contributed by atoms with Gasteiger partial charge in [-0.2, -0.15) is 0 Å². The molecule has 41 heavy (non-hydrogen) atoms. The van der Waals surface area contributed by atoms with Gasteiger partial charge in [0.25, 0.3) is 0 Å². The van der Waals surface area contributed by atoms with Crippen molar-refractivity contribution in [3.05, 3.63) is 113 Å². The molecule has 5 rings (SSSR count). The Morgan fingerprint density at radius 1 is 0.976 bits per heavy atom. The third kappa shape index (κ3) is 6.84. The minimum Gasteiger partial charge on any atom is -0.497 e. The first kappa shape index (κ1) is 28.1. The van der Waals surface area contributed by atoms with Gasteiger partial charge in [0.2, 0.25) is 5.91 Å². The summed E-state index contributed by atoms with van der Waals surface area (Å²) in [5, 5.41) is 13.7. The minimum atomic E-state index is -1.04. The van der Waals surface area contributed by atoms with E-state index in [4.69, 9.17) is 15.6 Å². The molecule has 8 heteroatoms. The molecule has 2 heterocycles. The van der Waals surface area contributed by atoms with Crippen molar-refractivity contribution in [3.8, 4) is 5.75 Å². The van der Waals surface area contributed by atoms with Crippen LogP contribution < -0.4 is 15.8 Å². The number of carbonyl (C=O) groups is 1. The zero-order chi connectivity index (χ0) is 28.8. The molecule has 0 aliphatic heterocycles. The molecule has 0 spiro atoms. The molecule has 1 atom stereocenters. The summed E-state index contributed by atoms with van der Waals surface area (Å²) in [5.41, 5.74) is 9.69. The lowest BCUT2D eigenvalue weighted by atomic mass is 10.0. The third-order valence-corrected chi connectivity index (χ3v) is 7.37. The molecule has 0 saturated heterocycles. The van der Waals surface area contributed by atoms with E-state index in [2.05, 4.69) is 50.3 Å². The van der Waals surface area contributed by atoms with Crippen LogP contribution in [0.5, 0.6) is 5.75 Å². The number of H-pyrrole nitrogens is 1. The molecule has 1 amide bonds. The average Bonchev–Trinajstić information content (AvgIpc) is 3.57. The van der Waals surface area contributed by atoms with Crippen LogP contribution in [-0.4, -0.2) is 38.3 Å². The summed E-state index contributed by atoms with van der Waals surface area (Å²) < 4.78 is 7.51. The van der Waals surface area contributed by atoms with Gasteiger partial charge in [0.15, 0.2) is 5.82 Å². The van der Waals surface area contributed by atoms with Crippen molar-refractivity contribution < 1.29 is 9.53 Å². The highest BCUT2D eigenvalue weighted by molar-refractivity contribution is 5.86. The van der Waals surface area contributed by atoms with Crippen molar-refractivity contribution in [2.45, 2.75) is 57.7 Å². The van der Waals surface area contributed by atoms with Crippen molar-refractivity contribution in [2.75, 3.05) is 7.11 Å². The van der Waals surface area contributed by atoms with Crippen LogP contribution in [0.2, 0.25) is 0 Å². The SMILES string of the molecule is COc1ccc(Cn2c(CCCc3ccccc3)nnc2C(Cc2c[nH]c3ccccc23)NC(=O)C(C)(C)N)cc1. The minimum absolute atomic E-state index is 0.244. The quantitative estimate of drug-likeness (QED) is 0.200. The number of nitrogens with two attached hydrogens (primary N) is 1. The highest BCUT2D eigenvalue weighted by atomic mass is 16.5. The van der Waals surface area contributed by atoms with Crippen LogP contribution in [0.15, 0.2) is 85.1 Å². The van der Waals surface area contributed by atoms with Gasteiger partial charge in [0, 0.05) is 29.9 Å². The summed E-state index contributed by atoms with van der Waals surface area (Å²) in [6.07, 6.45) is 5.18. The summed E-state index contributed by atoms with van der Waals surface area (Å²) in [7, 11) is 1.66. The number of amides is 1. The van der Waals surface area contributed by atoms with E-state index in [1.807, 2.05) is 54.7 Å². The first-order chi connectivity index (χ1) is 19.8. The van der Waals surface area contributed by atoms with Crippen LogP contribution in [0.4, 0.5) is 0 Å². The van der Waals surface area contributed by atoms with Crippen molar-refractivity contribution in [3.63, 3.8) is 0 Å². The zero-order valence-corrected chi connectivity index (χ0v) is 23.9. The number of aromatic amines is 1. The number of aromatic nitrogens is 4. The molecular weight excluding hydrogens is 512 g/mol. The molecule has 0 aliphatic rings. The van der Waals surface area contributed by atoms with E-state index in [0.717, 1.165) is 52.9 Å². The van der Waals surface area contributed by atoms with Gasteiger partial charge in [-0.1, -0.05) is 60.7 Å². The Morgan fingerprint density at radius 3 is 2.44 bits per heavy atom. The lowest BCUT2D eigenvalue weighted by molar-refractivity contribution is -0.126. The topological polar surface area (TPSA) is 111 Å². The number of fused-ring (bicyclic) bond motifs is 1. The van der Waals surface area contributed by atoms with Crippen LogP contribution >= 0.6 is 0 Å². The average molecular weight is 551 g/mol. The first-order valence-electron chi connectivity index (χ1n) is 14.1. The van der Waals surface area contributed by atoms with E-state index in [-0.39, 0.29) is 5.91 Å². The van der Waals surface area contributed by atoms with E-state index in [9.17, 15) is 4.79 Å². The monoisotopic (exact) mass is 550 g/mol. The second kappa shape index (κ2) is 12.4. The van der Waals surface area contributed by atoms with Crippen LogP contribution in [0.25, 0.3) is 10.9 Å². The molecule has 8 nitrogen and oxygen atoms in total. The van der Waals surface area contributed by atoms with E-state index < -0.39 is 11.6 Å². The van der Waals surface area contributed by atoms with Crippen molar-refractivity contribution >= 4 is 16.8 Å². The summed E-state index contributed by atoms with van der Waals surface area (Å²) in [6, 6.07) is 26.2. The van der Waals surface area contributed by atoms with Gasteiger partial charge >= 0.3 is 0 Å². The fourth-order valence-electron chi connectivity index (χ4n) is 5.04. The van der Waals surface area contributed by atoms with Gasteiger partial charge in [-0.15, -0.1) is 10.2 Å². The highest BCUT2D eigenvalue weighted by Gasteiger charge is 2.29. The Balaban J connectivity index is 1.50. The number of rotatable bonds is 12. The molecule has 0 saturated carbocycles. The second-order valence-electron chi connectivity index (χ2n) is 11.1. The molecule has 0 radical (unpaired) electrons. The fourth-order valence-corrected chi connectivity index (χ4v) is 5.04. The van der Waals surface area contributed by atoms with Crippen molar-refractivity contribution in [2.24, 2.45) is 5.73 Å². The molecule has 4 N–H and O–H groups in total. The standard InChI is InChI=1S/C33H38N6O2/c1-33(2,34)32(40)36-29(20-25-21-35-28-14-8-7-13-27(25)28)31-38-37-30(15-9-12-23-10-5-4-6-11-23)39(31)22-24-16-18-26(41-3)19-17-24/h4-8,10-11,13-14,16-19,21,29,35H,9,12,15,20,22,34H2,1-3H3,(H,36,40). The number of nitrogens with one attached hydrogen (secondary N) is 2. The number of hydrogen-bond donors (Lipinski definition) is 3. The van der Waals surface area contributed by atoms with Crippen LogP contribution in [0, 0.1) is 0 Å². The number of para-hydroxylation sites is 1. The first-order valence-corrected chi connectivity index (χ1v) is 14.1. The van der Waals surface area contributed by atoms with Gasteiger partial charge in [0.1, 0.15) is 11.6 Å². The van der Waals surface area contributed by atoms with E-state index >= 15 is 0 Å². The number of nitrogens with zero attached hydrogens (tertiary/aromatic N) is 3. The Morgan fingerprint density at radius 2 is 1.71 bits per heavy atom. The summed E-state index contributed by atoms with van der Waals surface area (Å²) in [4.78, 5) is 16.6. The maximum Gasteiger partial charge on any atom is 0.240 e. The summed E-state index contributed by atoms with van der Waals surface area (Å²) in [5.74, 6) is 2.15. The van der Waals surface area contributed by atoms with Crippen molar-refractivity contribution in [1.82, 2.24) is 25.1 Å². The third-order valence-electron chi connectivity index (χ3n) is 7.37. The van der Waals surface area contributed by atoms with E-state index in [1.54, 1.807) is 21.0 Å². The molecule has 0 fully saturated rings. The summed E-state index contributed by atoms with van der Waals surface area (Å²) in [6.45, 7) is 3.99. The largest absolute Gasteiger partial charge is 0.497 e. The van der Waals surface area contributed by atoms with Gasteiger partial charge in [-0.25, -0.2) is 0 Å². The lowest BCUT2D eigenvalue weighted by Crippen LogP contribution is -2.50. The molecule has 5 aromatic rings. The second-order valence-corrected chi connectivity index (χ2v) is 11.1. The predicted molar refractivity (Wildman–Crippen MR) is 162 cm³/mol. The van der Waals surface area contributed by atoms with Crippen LogP contribution in [0.1, 0.15) is 54.6 Å². The number of aryl methyl sites for hydroxylation is 2. The predicted octanol–water partition coefficient (Wildman–Crippen LogP) is 5.13. The Hall–Kier alpha value is -4.43. The molecule has 212 valence electrons. The number of methoxy groups -OCH3 is 1. The summed E-state index contributed by atoms with van der Waals surface area (Å²) >= 11 is 0. The zero-order valence-electron chi connectivity index (χ0n) is 23.9. The van der Waals surface area contributed by atoms with Gasteiger partial charge in [0.05, 0.1) is 25.2 Å². The molecular formula is C33H38N6O2. The number of hydrogen-bond acceptors (Lipinski definition) is 5. The van der Waals surface area contributed by atoms with Crippen LogP contribution in [0.3, 0.4) is 0 Å². The van der Waals surface area contributed by atoms with Gasteiger partial charge < -0.3 is 25.3 Å². The van der Waals surface area contributed by atoms with E-state index in [1.165, 1.54) is 5.56 Å².